The lowest BCUT2D eigenvalue weighted by Crippen LogP contribution is -2.34. The second-order valence-electron chi connectivity index (χ2n) is 3.91. The number of sulfonamides is 2. The van der Waals surface area contributed by atoms with Gasteiger partial charge in [0.15, 0.2) is 4.90 Å². The smallest absolute Gasteiger partial charge is 0.258 e. The first-order valence-corrected chi connectivity index (χ1v) is 8.79. The summed E-state index contributed by atoms with van der Waals surface area (Å²) in [5, 5.41) is 10.7. The van der Waals surface area contributed by atoms with E-state index in [9.17, 15) is 31.3 Å². The number of nitro groups is 1. The van der Waals surface area contributed by atoms with Crippen LogP contribution in [0, 0.1) is 15.9 Å². The zero-order chi connectivity index (χ0) is 16.3. The Labute approximate surface area is 120 Å². The molecule has 0 saturated heterocycles. The van der Waals surface area contributed by atoms with Crippen molar-refractivity contribution in [2.45, 2.75) is 4.90 Å². The van der Waals surface area contributed by atoms with Crippen molar-refractivity contribution < 1.29 is 26.1 Å². The van der Waals surface area contributed by atoms with Gasteiger partial charge in [-0.3, -0.25) is 10.1 Å². The molecule has 118 valence electrons. The van der Waals surface area contributed by atoms with Crippen LogP contribution in [0.3, 0.4) is 0 Å². The summed E-state index contributed by atoms with van der Waals surface area (Å²) in [4.78, 5) is 8.77. The highest BCUT2D eigenvalue weighted by Crippen LogP contribution is 2.26. The molecule has 21 heavy (non-hydrogen) atoms. The number of nitro benzene ring substituents is 1. The molecular weight excluding hydrogens is 329 g/mol. The first-order chi connectivity index (χ1) is 9.54. The zero-order valence-electron chi connectivity index (χ0n) is 10.7. The first kappa shape index (κ1) is 17.4. The summed E-state index contributed by atoms with van der Waals surface area (Å²) in [5.74, 6) is -1.28. The van der Waals surface area contributed by atoms with E-state index < -0.39 is 41.4 Å². The third-order valence-corrected chi connectivity index (χ3v) is 4.42. The molecule has 0 unspecified atom stereocenters. The molecule has 0 amide bonds. The van der Waals surface area contributed by atoms with E-state index in [-0.39, 0.29) is 13.1 Å². The zero-order valence-corrected chi connectivity index (χ0v) is 12.4. The second kappa shape index (κ2) is 6.43. The fourth-order valence-corrected chi connectivity index (χ4v) is 3.07. The van der Waals surface area contributed by atoms with Gasteiger partial charge in [-0.15, -0.1) is 0 Å². The van der Waals surface area contributed by atoms with Crippen LogP contribution in [0.2, 0.25) is 0 Å². The van der Waals surface area contributed by atoms with Crippen molar-refractivity contribution in [3.8, 4) is 0 Å². The van der Waals surface area contributed by atoms with Crippen molar-refractivity contribution in [2.24, 2.45) is 0 Å². The Hall–Kier alpha value is -1.63. The Morgan fingerprint density at radius 3 is 2.29 bits per heavy atom. The molecule has 1 aromatic rings. The molecule has 0 heterocycles. The van der Waals surface area contributed by atoms with Gasteiger partial charge in [-0.25, -0.2) is 26.3 Å². The Kier molecular flexibility index (Phi) is 5.33. The van der Waals surface area contributed by atoms with Crippen LogP contribution in [0.15, 0.2) is 23.1 Å². The van der Waals surface area contributed by atoms with Gasteiger partial charge >= 0.3 is 5.69 Å². The van der Waals surface area contributed by atoms with Crippen molar-refractivity contribution in [1.82, 2.24) is 9.44 Å². The van der Waals surface area contributed by atoms with E-state index in [1.165, 1.54) is 0 Å². The molecule has 9 nitrogen and oxygen atoms in total. The van der Waals surface area contributed by atoms with Crippen molar-refractivity contribution in [3.63, 3.8) is 0 Å². The molecular formula is C9H12FN3O6S2. The maximum Gasteiger partial charge on any atom is 0.324 e. The number of rotatable bonds is 7. The molecule has 12 heteroatoms. The largest absolute Gasteiger partial charge is 0.324 e. The van der Waals surface area contributed by atoms with Crippen LogP contribution in [0.4, 0.5) is 10.1 Å². The lowest BCUT2D eigenvalue weighted by atomic mass is 10.3. The normalized spacial score (nSPS) is 12.3. The highest BCUT2D eigenvalue weighted by atomic mass is 32.2. The van der Waals surface area contributed by atoms with E-state index in [1.54, 1.807) is 0 Å². The van der Waals surface area contributed by atoms with Gasteiger partial charge in [0.2, 0.25) is 25.9 Å². The summed E-state index contributed by atoms with van der Waals surface area (Å²) in [5.41, 5.74) is -1.17. The van der Waals surface area contributed by atoms with Gasteiger partial charge in [-0.1, -0.05) is 6.07 Å². The van der Waals surface area contributed by atoms with Crippen LogP contribution in [-0.2, 0) is 20.0 Å². The number of nitrogens with zero attached hydrogens (tertiary/aromatic N) is 1. The summed E-state index contributed by atoms with van der Waals surface area (Å²) < 4.78 is 62.6. The average molecular weight is 341 g/mol. The molecule has 0 aliphatic carbocycles. The molecule has 2 N–H and O–H groups in total. The Bertz CT molecular complexity index is 747. The Morgan fingerprint density at radius 1 is 1.19 bits per heavy atom. The van der Waals surface area contributed by atoms with Gasteiger partial charge in [0, 0.05) is 13.1 Å². The van der Waals surface area contributed by atoms with E-state index in [4.69, 9.17) is 0 Å². The topological polar surface area (TPSA) is 135 Å². The Balaban J connectivity index is 2.94. The minimum absolute atomic E-state index is 0.249. The molecule has 1 aromatic carbocycles. The highest BCUT2D eigenvalue weighted by molar-refractivity contribution is 7.89. The van der Waals surface area contributed by atoms with Crippen LogP contribution in [0.25, 0.3) is 0 Å². The maximum atomic E-state index is 13.4. The molecule has 0 fully saturated rings. The van der Waals surface area contributed by atoms with Gasteiger partial charge < -0.3 is 0 Å². The standard InChI is InChI=1S/C9H12FN3O6S2/c1-20(16,17)11-5-6-12-21(18,19)8-4-2-3-7(10)9(8)13(14)15/h2-4,11-12H,5-6H2,1H3. The number of hydrogen-bond acceptors (Lipinski definition) is 6. The Morgan fingerprint density at radius 2 is 1.76 bits per heavy atom. The summed E-state index contributed by atoms with van der Waals surface area (Å²) in [6, 6.07) is 2.67. The highest BCUT2D eigenvalue weighted by Gasteiger charge is 2.28. The van der Waals surface area contributed by atoms with Gasteiger partial charge in [0.25, 0.3) is 0 Å². The molecule has 1 rings (SSSR count). The summed E-state index contributed by atoms with van der Waals surface area (Å²) in [6.07, 6.45) is 0.888. The van der Waals surface area contributed by atoms with Crippen molar-refractivity contribution in [1.29, 1.82) is 0 Å². The predicted octanol–water partition coefficient (Wildman–Crippen LogP) is -0.439. The van der Waals surface area contributed by atoms with Crippen molar-refractivity contribution in [2.75, 3.05) is 19.3 Å². The third kappa shape index (κ3) is 5.00. The van der Waals surface area contributed by atoms with E-state index in [0.717, 1.165) is 24.5 Å². The predicted molar refractivity (Wildman–Crippen MR) is 71.1 cm³/mol. The first-order valence-electron chi connectivity index (χ1n) is 5.42. The second-order valence-corrected chi connectivity index (χ2v) is 7.48. The van der Waals surface area contributed by atoms with Gasteiger partial charge in [0.05, 0.1) is 11.2 Å². The fourth-order valence-electron chi connectivity index (χ4n) is 1.39. The van der Waals surface area contributed by atoms with E-state index in [2.05, 4.69) is 0 Å². The van der Waals surface area contributed by atoms with Gasteiger partial charge in [0.1, 0.15) is 0 Å². The van der Waals surface area contributed by atoms with E-state index in [1.807, 2.05) is 9.44 Å². The summed E-state index contributed by atoms with van der Waals surface area (Å²) >= 11 is 0. The average Bonchev–Trinajstić information content (AvgIpc) is 2.33. The lowest BCUT2D eigenvalue weighted by molar-refractivity contribution is -0.390. The molecule has 0 spiro atoms. The van der Waals surface area contributed by atoms with Crippen molar-refractivity contribution >= 4 is 25.7 Å². The van der Waals surface area contributed by atoms with Gasteiger partial charge in [-0.05, 0) is 12.1 Å². The lowest BCUT2D eigenvalue weighted by Gasteiger charge is -2.07. The van der Waals surface area contributed by atoms with Crippen LogP contribution in [0.1, 0.15) is 0 Å². The molecule has 0 aromatic heterocycles. The molecule has 0 radical (unpaired) electrons. The summed E-state index contributed by atoms with van der Waals surface area (Å²) in [7, 11) is -7.83. The fraction of sp³-hybridized carbons (Fsp3) is 0.333. The molecule has 0 aliphatic rings. The van der Waals surface area contributed by atoms with Crippen molar-refractivity contribution in [3.05, 3.63) is 34.1 Å². The molecule has 0 atom stereocenters. The summed E-state index contributed by atoms with van der Waals surface area (Å²) in [6.45, 7) is -0.593. The van der Waals surface area contributed by atoms with E-state index >= 15 is 0 Å². The van der Waals surface area contributed by atoms with Crippen LogP contribution < -0.4 is 9.44 Å². The third-order valence-electron chi connectivity index (χ3n) is 2.20. The monoisotopic (exact) mass is 341 g/mol. The maximum absolute atomic E-state index is 13.4. The van der Waals surface area contributed by atoms with Crippen LogP contribution >= 0.6 is 0 Å². The number of halogens is 1. The minimum Gasteiger partial charge on any atom is -0.258 e. The van der Waals surface area contributed by atoms with Gasteiger partial charge in [-0.2, -0.15) is 4.39 Å². The number of hydrogen-bond donors (Lipinski definition) is 2. The molecule has 0 saturated carbocycles. The van der Waals surface area contributed by atoms with Crippen LogP contribution in [0.5, 0.6) is 0 Å². The van der Waals surface area contributed by atoms with E-state index in [0.29, 0.717) is 0 Å². The molecule has 0 bridgehead atoms. The number of para-hydroxylation sites is 1. The SMILES string of the molecule is CS(=O)(=O)NCCNS(=O)(=O)c1cccc(F)c1[N+](=O)[O-]. The molecule has 0 aliphatic heterocycles. The minimum atomic E-state index is -4.34. The van der Waals surface area contributed by atoms with Crippen LogP contribution in [-0.4, -0.2) is 41.1 Å². The number of nitrogens with one attached hydrogen (secondary N) is 2. The quantitative estimate of drug-likeness (QED) is 0.392. The number of benzene rings is 1.